The Kier molecular flexibility index (Phi) is 4.67. The van der Waals surface area contributed by atoms with E-state index >= 15 is 0 Å². The van der Waals surface area contributed by atoms with Crippen molar-refractivity contribution >= 4 is 11.8 Å². The number of aromatic nitrogens is 5. The first kappa shape index (κ1) is 17.1. The molecule has 1 fully saturated rings. The number of thioether (sulfide) groups is 1. The Morgan fingerprint density at radius 3 is 2.62 bits per heavy atom. The third kappa shape index (κ3) is 3.33. The molecule has 2 heterocycles. The second kappa shape index (κ2) is 7.11. The van der Waals surface area contributed by atoms with Gasteiger partial charge < -0.3 is 13.7 Å². The topological polar surface area (TPSA) is 78.9 Å². The summed E-state index contributed by atoms with van der Waals surface area (Å²) >= 11 is 1.60. The quantitative estimate of drug-likeness (QED) is 0.579. The van der Waals surface area contributed by atoms with Crippen LogP contribution >= 0.6 is 11.8 Å². The van der Waals surface area contributed by atoms with Gasteiger partial charge in [-0.15, -0.1) is 20.4 Å². The van der Waals surface area contributed by atoms with Gasteiger partial charge in [0.15, 0.2) is 5.16 Å². The first-order valence-corrected chi connectivity index (χ1v) is 9.65. The van der Waals surface area contributed by atoms with Crippen molar-refractivity contribution in [3.63, 3.8) is 0 Å². The van der Waals surface area contributed by atoms with E-state index in [2.05, 4.69) is 31.9 Å². The fraction of sp³-hybridized carbons (Fsp3) is 0.444. The zero-order valence-electron chi connectivity index (χ0n) is 15.0. The van der Waals surface area contributed by atoms with E-state index in [1.54, 1.807) is 18.9 Å². The third-order valence-electron chi connectivity index (χ3n) is 4.41. The van der Waals surface area contributed by atoms with Gasteiger partial charge in [0.05, 0.1) is 12.4 Å². The molecule has 1 aliphatic carbocycles. The summed E-state index contributed by atoms with van der Waals surface area (Å²) in [6, 6.07) is 7.56. The van der Waals surface area contributed by atoms with Crippen LogP contribution in [0.2, 0.25) is 0 Å². The zero-order valence-corrected chi connectivity index (χ0v) is 15.9. The van der Waals surface area contributed by atoms with Crippen LogP contribution in [0.4, 0.5) is 0 Å². The van der Waals surface area contributed by atoms with E-state index in [1.807, 2.05) is 31.2 Å². The first-order valence-electron chi connectivity index (χ1n) is 8.77. The number of benzene rings is 1. The van der Waals surface area contributed by atoms with Crippen LogP contribution in [0.5, 0.6) is 5.75 Å². The largest absolute Gasteiger partial charge is 0.497 e. The molecular formula is C18H21N5O2S. The van der Waals surface area contributed by atoms with Gasteiger partial charge in [-0.3, -0.25) is 0 Å². The number of hydrogen-bond acceptors (Lipinski definition) is 7. The van der Waals surface area contributed by atoms with Gasteiger partial charge in [-0.1, -0.05) is 11.8 Å². The van der Waals surface area contributed by atoms with Crippen LogP contribution in [0.25, 0.3) is 11.5 Å². The molecule has 1 saturated carbocycles. The highest BCUT2D eigenvalue weighted by Crippen LogP contribution is 2.41. The van der Waals surface area contributed by atoms with E-state index in [-0.39, 0.29) is 5.25 Å². The maximum Gasteiger partial charge on any atom is 0.247 e. The molecule has 0 radical (unpaired) electrons. The lowest BCUT2D eigenvalue weighted by atomic mass is 10.2. The Labute approximate surface area is 156 Å². The fourth-order valence-electron chi connectivity index (χ4n) is 2.79. The molecular weight excluding hydrogens is 350 g/mol. The fourth-order valence-corrected chi connectivity index (χ4v) is 3.74. The summed E-state index contributed by atoms with van der Waals surface area (Å²) in [5, 5.41) is 18.0. The van der Waals surface area contributed by atoms with Gasteiger partial charge in [0.2, 0.25) is 11.8 Å². The highest BCUT2D eigenvalue weighted by molar-refractivity contribution is 7.99. The SMILES string of the molecule is CCn1c(S[C@H](C)c2nnc(-c3ccc(OC)cc3)o2)nnc1C1CC1. The molecule has 0 bridgehead atoms. The van der Waals surface area contributed by atoms with Crippen LogP contribution < -0.4 is 4.74 Å². The van der Waals surface area contributed by atoms with E-state index in [4.69, 9.17) is 9.15 Å². The van der Waals surface area contributed by atoms with Gasteiger partial charge >= 0.3 is 0 Å². The lowest BCUT2D eigenvalue weighted by Gasteiger charge is -2.09. The minimum Gasteiger partial charge on any atom is -0.497 e. The van der Waals surface area contributed by atoms with Crippen molar-refractivity contribution in [1.29, 1.82) is 0 Å². The van der Waals surface area contributed by atoms with Crippen molar-refractivity contribution in [3.8, 4) is 17.2 Å². The van der Waals surface area contributed by atoms with Crippen LogP contribution in [0, 0.1) is 0 Å². The first-order chi connectivity index (χ1) is 12.7. The van der Waals surface area contributed by atoms with Crippen molar-refractivity contribution in [2.24, 2.45) is 0 Å². The van der Waals surface area contributed by atoms with Crippen LogP contribution in [-0.2, 0) is 6.54 Å². The molecule has 1 atom stereocenters. The maximum absolute atomic E-state index is 5.88. The standard InChI is InChI=1S/C18H21N5O2S/c1-4-23-15(12-5-6-12)19-22-18(23)26-11(2)16-20-21-17(25-16)13-7-9-14(24-3)10-8-13/h7-12H,4-6H2,1-3H3/t11-/m1/s1. The molecule has 7 nitrogen and oxygen atoms in total. The number of methoxy groups -OCH3 is 1. The van der Waals surface area contributed by atoms with E-state index in [0.29, 0.717) is 17.7 Å². The van der Waals surface area contributed by atoms with Crippen LogP contribution in [0.3, 0.4) is 0 Å². The number of nitrogens with zero attached hydrogens (tertiary/aromatic N) is 5. The van der Waals surface area contributed by atoms with Crippen molar-refractivity contribution in [2.45, 2.75) is 49.6 Å². The second-order valence-electron chi connectivity index (χ2n) is 6.29. The van der Waals surface area contributed by atoms with Crippen molar-refractivity contribution in [2.75, 3.05) is 7.11 Å². The van der Waals surface area contributed by atoms with Gasteiger partial charge in [0.1, 0.15) is 11.6 Å². The lowest BCUT2D eigenvalue weighted by Crippen LogP contribution is -2.02. The molecule has 136 valence electrons. The van der Waals surface area contributed by atoms with Crippen molar-refractivity contribution < 1.29 is 9.15 Å². The molecule has 2 aromatic heterocycles. The summed E-state index contributed by atoms with van der Waals surface area (Å²) in [5.74, 6) is 3.57. The molecule has 0 aliphatic heterocycles. The number of ether oxygens (including phenoxy) is 1. The van der Waals surface area contributed by atoms with Gasteiger partial charge in [-0.2, -0.15) is 0 Å². The molecule has 1 aliphatic rings. The summed E-state index contributed by atoms with van der Waals surface area (Å²) in [5.41, 5.74) is 0.870. The average Bonchev–Trinajstić information content (AvgIpc) is 3.25. The number of rotatable bonds is 7. The van der Waals surface area contributed by atoms with Gasteiger partial charge in [-0.05, 0) is 51.0 Å². The minimum atomic E-state index is -0.00366. The van der Waals surface area contributed by atoms with Gasteiger partial charge in [0.25, 0.3) is 0 Å². The van der Waals surface area contributed by atoms with E-state index in [0.717, 1.165) is 28.8 Å². The van der Waals surface area contributed by atoms with Gasteiger partial charge in [0, 0.05) is 18.0 Å². The Balaban J connectivity index is 1.50. The van der Waals surface area contributed by atoms with Crippen LogP contribution in [0.15, 0.2) is 33.8 Å². The number of hydrogen-bond donors (Lipinski definition) is 0. The Morgan fingerprint density at radius 1 is 1.19 bits per heavy atom. The summed E-state index contributed by atoms with van der Waals surface area (Å²) in [7, 11) is 1.64. The van der Waals surface area contributed by atoms with Crippen molar-refractivity contribution in [3.05, 3.63) is 36.0 Å². The van der Waals surface area contributed by atoms with E-state index in [9.17, 15) is 0 Å². The second-order valence-corrected chi connectivity index (χ2v) is 7.60. The molecule has 0 spiro atoms. The monoisotopic (exact) mass is 371 g/mol. The van der Waals surface area contributed by atoms with Crippen LogP contribution in [0.1, 0.15) is 49.6 Å². The molecule has 0 N–H and O–H groups in total. The molecule has 8 heteroatoms. The minimum absolute atomic E-state index is 0.00366. The van der Waals surface area contributed by atoms with E-state index in [1.165, 1.54) is 12.8 Å². The third-order valence-corrected chi connectivity index (χ3v) is 5.48. The lowest BCUT2D eigenvalue weighted by molar-refractivity contribution is 0.415. The maximum atomic E-state index is 5.88. The molecule has 0 saturated heterocycles. The van der Waals surface area contributed by atoms with E-state index < -0.39 is 0 Å². The summed E-state index contributed by atoms with van der Waals surface area (Å²) in [6.45, 7) is 5.04. The molecule has 3 aromatic rings. The zero-order chi connectivity index (χ0) is 18.1. The van der Waals surface area contributed by atoms with Crippen molar-refractivity contribution in [1.82, 2.24) is 25.0 Å². The summed E-state index contributed by atoms with van der Waals surface area (Å²) in [6.07, 6.45) is 2.43. The molecule has 1 aromatic carbocycles. The molecule has 26 heavy (non-hydrogen) atoms. The molecule has 4 rings (SSSR count). The highest BCUT2D eigenvalue weighted by Gasteiger charge is 2.30. The normalized spacial score (nSPS) is 15.2. The highest BCUT2D eigenvalue weighted by atomic mass is 32.2. The average molecular weight is 371 g/mol. The Bertz CT molecular complexity index is 885. The molecule has 0 unspecified atom stereocenters. The predicted molar refractivity (Wildman–Crippen MR) is 98.2 cm³/mol. The predicted octanol–water partition coefficient (Wildman–Crippen LogP) is 4.09. The Hall–Kier alpha value is -2.35. The Morgan fingerprint density at radius 2 is 1.96 bits per heavy atom. The molecule has 0 amide bonds. The summed E-state index contributed by atoms with van der Waals surface area (Å²) in [4.78, 5) is 0. The van der Waals surface area contributed by atoms with Crippen LogP contribution in [-0.4, -0.2) is 32.1 Å². The summed E-state index contributed by atoms with van der Waals surface area (Å²) < 4.78 is 13.2. The smallest absolute Gasteiger partial charge is 0.247 e. The van der Waals surface area contributed by atoms with Gasteiger partial charge in [-0.25, -0.2) is 0 Å².